The first-order chi connectivity index (χ1) is 8.53. The van der Waals surface area contributed by atoms with Gasteiger partial charge < -0.3 is 5.73 Å². The van der Waals surface area contributed by atoms with Crippen molar-refractivity contribution in [1.82, 2.24) is 0 Å². The first kappa shape index (κ1) is 13.0. The summed E-state index contributed by atoms with van der Waals surface area (Å²) >= 11 is 3.06. The molecular formula is C13H12BrFN2O. The van der Waals surface area contributed by atoms with Crippen LogP contribution in [0.2, 0.25) is 0 Å². The second kappa shape index (κ2) is 5.02. The summed E-state index contributed by atoms with van der Waals surface area (Å²) < 4.78 is 13.4. The van der Waals surface area contributed by atoms with Crippen LogP contribution in [0.3, 0.4) is 0 Å². The van der Waals surface area contributed by atoms with Crippen LogP contribution in [0.1, 0.15) is 5.56 Å². The van der Waals surface area contributed by atoms with Crippen molar-refractivity contribution in [3.63, 3.8) is 0 Å². The van der Waals surface area contributed by atoms with E-state index in [1.54, 1.807) is 0 Å². The van der Waals surface area contributed by atoms with E-state index in [9.17, 15) is 9.18 Å². The summed E-state index contributed by atoms with van der Waals surface area (Å²) in [4.78, 5) is 15.4. The molecule has 1 aliphatic rings. The van der Waals surface area contributed by atoms with Crippen LogP contribution in [0.5, 0.6) is 0 Å². The van der Waals surface area contributed by atoms with Gasteiger partial charge in [-0.2, -0.15) is 4.39 Å². The van der Waals surface area contributed by atoms with Gasteiger partial charge in [-0.3, -0.25) is 9.79 Å². The lowest BCUT2D eigenvalue weighted by Gasteiger charge is -2.28. The van der Waals surface area contributed by atoms with Gasteiger partial charge in [0.2, 0.25) is 11.9 Å². The molecule has 0 spiro atoms. The first-order valence-electron chi connectivity index (χ1n) is 5.46. The molecule has 1 unspecified atom stereocenters. The Hall–Kier alpha value is -1.49. The lowest BCUT2D eigenvalue weighted by atomic mass is 9.79. The molecule has 1 heterocycles. The van der Waals surface area contributed by atoms with Crippen molar-refractivity contribution >= 4 is 27.8 Å². The maximum atomic E-state index is 13.2. The molecule has 0 bridgehead atoms. The van der Waals surface area contributed by atoms with Crippen LogP contribution < -0.4 is 5.73 Å². The number of hydrogen-bond acceptors (Lipinski definition) is 2. The molecule has 0 radical (unpaired) electrons. The maximum absolute atomic E-state index is 13.2. The van der Waals surface area contributed by atoms with Gasteiger partial charge in [0.15, 0.2) is 0 Å². The van der Waals surface area contributed by atoms with Crippen LogP contribution in [0.4, 0.5) is 4.39 Å². The minimum Gasteiger partial charge on any atom is -0.369 e. The van der Waals surface area contributed by atoms with E-state index in [0.29, 0.717) is 6.42 Å². The topological polar surface area (TPSA) is 55.5 Å². The van der Waals surface area contributed by atoms with Gasteiger partial charge in [0.25, 0.3) is 0 Å². The van der Waals surface area contributed by atoms with Crippen LogP contribution in [0, 0.1) is 5.41 Å². The highest BCUT2D eigenvalue weighted by atomic mass is 79.9. The van der Waals surface area contributed by atoms with Gasteiger partial charge in [-0.15, -0.1) is 0 Å². The molecule has 94 valence electrons. The standard InChI is InChI=1S/C13H12BrFN2O/c14-10-7-13(12(16)18,8-17-11(10)15)6-9-4-2-1-3-5-9/h1-5,7H,6,8H2,(H2,16,18). The highest BCUT2D eigenvalue weighted by molar-refractivity contribution is 9.12. The zero-order valence-electron chi connectivity index (χ0n) is 9.57. The SMILES string of the molecule is NC(=O)C1(Cc2ccccc2)C=C(Br)C(F)=NC1. The van der Waals surface area contributed by atoms with Crippen molar-refractivity contribution < 1.29 is 9.18 Å². The van der Waals surface area contributed by atoms with Gasteiger partial charge >= 0.3 is 0 Å². The lowest BCUT2D eigenvalue weighted by Crippen LogP contribution is -2.42. The van der Waals surface area contributed by atoms with Crippen molar-refractivity contribution in [3.8, 4) is 0 Å². The zero-order chi connectivity index (χ0) is 13.2. The molecule has 5 heteroatoms. The predicted molar refractivity (Wildman–Crippen MR) is 72.2 cm³/mol. The molecule has 1 aromatic carbocycles. The van der Waals surface area contributed by atoms with Crippen LogP contribution in [0.15, 0.2) is 45.9 Å². The number of aliphatic imine (C=N–C) groups is 1. The first-order valence-corrected chi connectivity index (χ1v) is 6.25. The molecule has 3 nitrogen and oxygen atoms in total. The van der Waals surface area contributed by atoms with E-state index < -0.39 is 17.3 Å². The Bertz CT molecular complexity index is 527. The van der Waals surface area contributed by atoms with Crippen molar-refractivity contribution in [2.75, 3.05) is 6.54 Å². The molecule has 1 amide bonds. The third kappa shape index (κ3) is 2.51. The predicted octanol–water partition coefficient (Wildman–Crippen LogP) is 2.36. The quantitative estimate of drug-likeness (QED) is 0.915. The summed E-state index contributed by atoms with van der Waals surface area (Å²) in [7, 11) is 0. The fourth-order valence-electron chi connectivity index (χ4n) is 1.94. The van der Waals surface area contributed by atoms with Gasteiger partial charge in [0, 0.05) is 0 Å². The molecule has 0 saturated carbocycles. The molecule has 2 rings (SSSR count). The summed E-state index contributed by atoms with van der Waals surface area (Å²) in [6, 6.07) is 9.47. The van der Waals surface area contributed by atoms with E-state index in [1.165, 1.54) is 6.08 Å². The Morgan fingerprint density at radius 3 is 2.67 bits per heavy atom. The number of halogens is 2. The second-order valence-corrected chi connectivity index (χ2v) is 5.14. The van der Waals surface area contributed by atoms with Crippen LogP contribution in [0.25, 0.3) is 0 Å². The summed E-state index contributed by atoms with van der Waals surface area (Å²) in [6.45, 7) is 0.0398. The number of carbonyl (C=O) groups is 1. The molecular weight excluding hydrogens is 299 g/mol. The smallest absolute Gasteiger partial charge is 0.229 e. The largest absolute Gasteiger partial charge is 0.369 e. The van der Waals surface area contributed by atoms with E-state index in [0.717, 1.165) is 5.56 Å². The number of amides is 1. The van der Waals surface area contributed by atoms with Gasteiger partial charge in [-0.25, -0.2) is 0 Å². The van der Waals surface area contributed by atoms with E-state index in [2.05, 4.69) is 20.9 Å². The third-order valence-corrected chi connectivity index (χ3v) is 3.51. The monoisotopic (exact) mass is 310 g/mol. The van der Waals surface area contributed by atoms with Gasteiger partial charge in [-0.1, -0.05) is 30.3 Å². The summed E-state index contributed by atoms with van der Waals surface area (Å²) in [5.41, 5.74) is 5.46. The number of primary amides is 1. The fourth-order valence-corrected chi connectivity index (χ4v) is 2.50. The number of carbonyl (C=O) groups excluding carboxylic acids is 1. The minimum atomic E-state index is -0.963. The molecule has 0 aromatic heterocycles. The van der Waals surface area contributed by atoms with Crippen LogP contribution >= 0.6 is 15.9 Å². The Morgan fingerprint density at radius 2 is 2.11 bits per heavy atom. The molecule has 18 heavy (non-hydrogen) atoms. The highest BCUT2D eigenvalue weighted by Crippen LogP contribution is 2.32. The second-order valence-electron chi connectivity index (χ2n) is 4.28. The zero-order valence-corrected chi connectivity index (χ0v) is 11.2. The number of dihydropyridines is 1. The van der Waals surface area contributed by atoms with Crippen molar-refractivity contribution in [2.24, 2.45) is 16.1 Å². The fraction of sp³-hybridized carbons (Fsp3) is 0.231. The van der Waals surface area contributed by atoms with Crippen molar-refractivity contribution in [2.45, 2.75) is 6.42 Å². The Kier molecular flexibility index (Phi) is 3.61. The van der Waals surface area contributed by atoms with E-state index >= 15 is 0 Å². The Morgan fingerprint density at radius 1 is 1.44 bits per heavy atom. The lowest BCUT2D eigenvalue weighted by molar-refractivity contribution is -0.124. The van der Waals surface area contributed by atoms with Crippen LogP contribution in [-0.2, 0) is 11.2 Å². The van der Waals surface area contributed by atoms with Gasteiger partial charge in [-0.05, 0) is 34.0 Å². The molecule has 0 fully saturated rings. The number of allylic oxidation sites excluding steroid dienone is 1. The Balaban J connectivity index is 2.33. The molecule has 0 saturated heterocycles. The van der Waals surface area contributed by atoms with E-state index in [1.807, 2.05) is 30.3 Å². The number of benzene rings is 1. The summed E-state index contributed by atoms with van der Waals surface area (Å²) in [6.07, 6.45) is 1.93. The summed E-state index contributed by atoms with van der Waals surface area (Å²) in [5, 5.41) is 0. The van der Waals surface area contributed by atoms with E-state index in [4.69, 9.17) is 5.73 Å². The minimum absolute atomic E-state index is 0.0398. The van der Waals surface area contributed by atoms with Crippen LogP contribution in [-0.4, -0.2) is 18.4 Å². The highest BCUT2D eigenvalue weighted by Gasteiger charge is 2.37. The molecule has 1 atom stereocenters. The normalized spacial score (nSPS) is 23.2. The van der Waals surface area contributed by atoms with Crippen molar-refractivity contribution in [3.05, 3.63) is 46.5 Å². The van der Waals surface area contributed by atoms with Gasteiger partial charge in [0.1, 0.15) is 0 Å². The Labute approximate surface area is 113 Å². The number of hydrogen-bond donors (Lipinski definition) is 1. The number of nitrogens with two attached hydrogens (primary N) is 1. The van der Waals surface area contributed by atoms with Gasteiger partial charge in [0.05, 0.1) is 16.4 Å². The molecule has 1 aromatic rings. The molecule has 0 aliphatic carbocycles. The molecule has 2 N–H and O–H groups in total. The van der Waals surface area contributed by atoms with Crippen molar-refractivity contribution in [1.29, 1.82) is 0 Å². The third-order valence-electron chi connectivity index (χ3n) is 2.95. The number of rotatable bonds is 3. The average molecular weight is 311 g/mol. The van der Waals surface area contributed by atoms with E-state index in [-0.39, 0.29) is 11.0 Å². The summed E-state index contributed by atoms with van der Waals surface area (Å²) in [5.74, 6) is -1.10. The number of nitrogens with zero attached hydrogens (tertiary/aromatic N) is 1. The molecule has 1 aliphatic heterocycles. The average Bonchev–Trinajstić information content (AvgIpc) is 2.35. The maximum Gasteiger partial charge on any atom is 0.229 e.